The Balaban J connectivity index is 1.16. The van der Waals surface area contributed by atoms with Crippen LogP contribution in [0.4, 0.5) is 0 Å². The van der Waals surface area contributed by atoms with Crippen LogP contribution < -0.4 is 0 Å². The summed E-state index contributed by atoms with van der Waals surface area (Å²) in [4.78, 5) is 26.2. The Morgan fingerprint density at radius 1 is 1.07 bits per heavy atom. The molecule has 1 amide bonds. The molecule has 1 saturated carbocycles. The van der Waals surface area contributed by atoms with Crippen LogP contribution in [0.1, 0.15) is 56.1 Å². The molecule has 6 nitrogen and oxygen atoms in total. The van der Waals surface area contributed by atoms with Crippen LogP contribution in [0.5, 0.6) is 0 Å². The van der Waals surface area contributed by atoms with Crippen molar-refractivity contribution in [2.45, 2.75) is 57.5 Å². The van der Waals surface area contributed by atoms with Crippen LogP contribution in [0.15, 0.2) is 36.8 Å². The van der Waals surface area contributed by atoms with E-state index >= 15 is 0 Å². The number of carbonyl (C=O) groups excluding carboxylic acids is 1. The van der Waals surface area contributed by atoms with Gasteiger partial charge in [0.1, 0.15) is 5.82 Å². The van der Waals surface area contributed by atoms with Gasteiger partial charge in [-0.25, -0.2) is 4.98 Å². The predicted octanol–water partition coefficient (Wildman–Crippen LogP) is 3.06. The summed E-state index contributed by atoms with van der Waals surface area (Å²) >= 11 is 0. The molecule has 2 aromatic rings. The maximum Gasteiger partial charge on any atom is 0.222 e. The average molecular weight is 394 g/mol. The summed E-state index contributed by atoms with van der Waals surface area (Å²) in [5.41, 5.74) is 1.38. The summed E-state index contributed by atoms with van der Waals surface area (Å²) in [6, 6.07) is 6.70. The van der Waals surface area contributed by atoms with Crippen LogP contribution >= 0.6 is 0 Å². The van der Waals surface area contributed by atoms with Crippen molar-refractivity contribution in [3.05, 3.63) is 48.3 Å². The molecule has 1 spiro atoms. The van der Waals surface area contributed by atoms with Crippen molar-refractivity contribution in [1.82, 2.24) is 24.3 Å². The zero-order valence-electron chi connectivity index (χ0n) is 17.2. The zero-order valence-corrected chi connectivity index (χ0v) is 17.2. The van der Waals surface area contributed by atoms with Gasteiger partial charge in [0, 0.05) is 56.3 Å². The highest BCUT2D eigenvalue weighted by Crippen LogP contribution is 2.41. The van der Waals surface area contributed by atoms with Crippen LogP contribution in [-0.4, -0.2) is 56.4 Å². The fourth-order valence-corrected chi connectivity index (χ4v) is 5.05. The number of amides is 1. The SMILES string of the molecule is O=C1CCC2(CCN(Cc3nccn3C3CC3)CC2)CN1CCc1ccccn1. The first-order valence-electron chi connectivity index (χ1n) is 11.1. The summed E-state index contributed by atoms with van der Waals surface area (Å²) < 4.78 is 2.38. The lowest BCUT2D eigenvalue weighted by Gasteiger charge is -2.47. The van der Waals surface area contributed by atoms with Crippen molar-refractivity contribution in [3.63, 3.8) is 0 Å². The second-order valence-electron chi connectivity index (χ2n) is 9.14. The van der Waals surface area contributed by atoms with Gasteiger partial charge in [0.15, 0.2) is 0 Å². The number of hydrogen-bond acceptors (Lipinski definition) is 4. The van der Waals surface area contributed by atoms with Gasteiger partial charge in [-0.05, 0) is 62.7 Å². The highest BCUT2D eigenvalue weighted by molar-refractivity contribution is 5.77. The summed E-state index contributed by atoms with van der Waals surface area (Å²) in [7, 11) is 0. The van der Waals surface area contributed by atoms with Crippen LogP contribution in [0.25, 0.3) is 0 Å². The molecule has 0 N–H and O–H groups in total. The number of likely N-dealkylation sites (tertiary alicyclic amines) is 2. The Bertz CT molecular complexity index is 836. The minimum atomic E-state index is 0.306. The van der Waals surface area contributed by atoms with E-state index in [0.717, 1.165) is 51.3 Å². The molecule has 29 heavy (non-hydrogen) atoms. The van der Waals surface area contributed by atoms with Crippen LogP contribution in [0.2, 0.25) is 0 Å². The van der Waals surface area contributed by atoms with Gasteiger partial charge in [0.2, 0.25) is 5.91 Å². The maximum atomic E-state index is 12.5. The Kier molecular flexibility index (Phi) is 5.12. The van der Waals surface area contributed by atoms with E-state index in [1.807, 2.05) is 30.6 Å². The number of carbonyl (C=O) groups is 1. The Labute approximate surface area is 172 Å². The molecular formula is C23H31N5O. The van der Waals surface area contributed by atoms with Gasteiger partial charge < -0.3 is 9.47 Å². The predicted molar refractivity (Wildman–Crippen MR) is 111 cm³/mol. The minimum Gasteiger partial charge on any atom is -0.342 e. The van der Waals surface area contributed by atoms with Crippen LogP contribution in [0.3, 0.4) is 0 Å². The molecule has 3 fully saturated rings. The second kappa shape index (κ2) is 7.90. The fourth-order valence-electron chi connectivity index (χ4n) is 5.05. The lowest BCUT2D eigenvalue weighted by Crippen LogP contribution is -2.51. The molecule has 0 bridgehead atoms. The maximum absolute atomic E-state index is 12.5. The zero-order chi connectivity index (χ0) is 19.7. The molecule has 1 aliphatic carbocycles. The van der Waals surface area contributed by atoms with E-state index in [1.54, 1.807) is 0 Å². The standard InChI is InChI=1S/C23H31N5O/c29-22-6-8-23(18-27(22)13-7-19-3-1-2-11-24-19)9-14-26(15-10-23)17-21-25-12-16-28(21)20-4-5-20/h1-3,11-12,16,20H,4-10,13-15,17-18H2. The Morgan fingerprint density at radius 2 is 1.93 bits per heavy atom. The van der Waals surface area contributed by atoms with Crippen LogP contribution in [-0.2, 0) is 17.8 Å². The van der Waals surface area contributed by atoms with E-state index in [9.17, 15) is 4.79 Å². The smallest absolute Gasteiger partial charge is 0.222 e. The van der Waals surface area contributed by atoms with Crippen molar-refractivity contribution >= 4 is 5.91 Å². The van der Waals surface area contributed by atoms with Gasteiger partial charge in [0.25, 0.3) is 0 Å². The normalized spacial score (nSPS) is 22.3. The fraction of sp³-hybridized carbons (Fsp3) is 0.609. The highest BCUT2D eigenvalue weighted by atomic mass is 16.2. The molecule has 5 rings (SSSR count). The lowest BCUT2D eigenvalue weighted by molar-refractivity contribution is -0.139. The Hall–Kier alpha value is -2.21. The van der Waals surface area contributed by atoms with E-state index in [-0.39, 0.29) is 0 Å². The van der Waals surface area contributed by atoms with E-state index in [1.165, 1.54) is 31.5 Å². The van der Waals surface area contributed by atoms with Gasteiger partial charge in [-0.15, -0.1) is 0 Å². The number of nitrogens with zero attached hydrogens (tertiary/aromatic N) is 5. The van der Waals surface area contributed by atoms with Crippen LogP contribution in [0, 0.1) is 5.41 Å². The number of rotatable bonds is 6. The van der Waals surface area contributed by atoms with E-state index < -0.39 is 0 Å². The first kappa shape index (κ1) is 18.8. The summed E-state index contributed by atoms with van der Waals surface area (Å²) in [6.07, 6.45) is 13.5. The molecule has 2 saturated heterocycles. The van der Waals surface area contributed by atoms with Crippen molar-refractivity contribution in [1.29, 1.82) is 0 Å². The van der Waals surface area contributed by atoms with Gasteiger partial charge in [0.05, 0.1) is 6.54 Å². The molecule has 0 aromatic carbocycles. The van der Waals surface area contributed by atoms with Crippen molar-refractivity contribution in [3.8, 4) is 0 Å². The number of aromatic nitrogens is 3. The summed E-state index contributed by atoms with van der Waals surface area (Å²) in [6.45, 7) is 4.89. The van der Waals surface area contributed by atoms with Crippen molar-refractivity contribution in [2.75, 3.05) is 26.2 Å². The molecule has 0 atom stereocenters. The first-order valence-corrected chi connectivity index (χ1v) is 11.1. The molecule has 3 aliphatic rings. The molecule has 154 valence electrons. The van der Waals surface area contributed by atoms with Gasteiger partial charge in [-0.1, -0.05) is 6.07 Å². The molecule has 2 aliphatic heterocycles. The highest BCUT2D eigenvalue weighted by Gasteiger charge is 2.41. The number of piperidine rings is 2. The number of pyridine rings is 1. The van der Waals surface area contributed by atoms with Gasteiger partial charge >= 0.3 is 0 Å². The largest absolute Gasteiger partial charge is 0.342 e. The van der Waals surface area contributed by atoms with Gasteiger partial charge in [-0.2, -0.15) is 0 Å². The molecule has 0 radical (unpaired) electrons. The van der Waals surface area contributed by atoms with E-state index in [4.69, 9.17) is 0 Å². The number of imidazole rings is 1. The van der Waals surface area contributed by atoms with Gasteiger partial charge in [-0.3, -0.25) is 14.7 Å². The van der Waals surface area contributed by atoms with Crippen molar-refractivity contribution < 1.29 is 4.79 Å². The van der Waals surface area contributed by atoms with E-state index in [2.05, 4.69) is 30.5 Å². The quantitative estimate of drug-likeness (QED) is 0.757. The Morgan fingerprint density at radius 3 is 2.69 bits per heavy atom. The summed E-state index contributed by atoms with van der Waals surface area (Å²) in [5.74, 6) is 1.54. The molecule has 6 heteroatoms. The third-order valence-electron chi connectivity index (χ3n) is 7.08. The minimum absolute atomic E-state index is 0.306. The third kappa shape index (κ3) is 4.22. The summed E-state index contributed by atoms with van der Waals surface area (Å²) in [5, 5.41) is 0. The average Bonchev–Trinajstić information content (AvgIpc) is 3.50. The van der Waals surface area contributed by atoms with E-state index in [0.29, 0.717) is 23.8 Å². The monoisotopic (exact) mass is 393 g/mol. The molecule has 0 unspecified atom stereocenters. The molecule has 4 heterocycles. The number of hydrogen-bond donors (Lipinski definition) is 0. The third-order valence-corrected chi connectivity index (χ3v) is 7.08. The second-order valence-corrected chi connectivity index (χ2v) is 9.14. The lowest BCUT2D eigenvalue weighted by atomic mass is 9.72. The van der Waals surface area contributed by atoms with Crippen molar-refractivity contribution in [2.24, 2.45) is 5.41 Å². The molecule has 2 aromatic heterocycles. The first-order chi connectivity index (χ1) is 14.2. The topological polar surface area (TPSA) is 54.3 Å². The molecular weight excluding hydrogens is 362 g/mol.